The molecular weight excluding hydrogens is 260 g/mol. The normalized spacial score (nSPS) is 13.4. The molecule has 0 amide bonds. The summed E-state index contributed by atoms with van der Waals surface area (Å²) in [5.41, 5.74) is 0.941. The summed E-state index contributed by atoms with van der Waals surface area (Å²) >= 11 is 5.36. The first-order valence-electron chi connectivity index (χ1n) is 5.31. The van der Waals surface area contributed by atoms with E-state index in [0.717, 1.165) is 18.2 Å². The predicted molar refractivity (Wildman–Crippen MR) is 68.4 cm³/mol. The summed E-state index contributed by atoms with van der Waals surface area (Å²) in [6, 6.07) is 4.58. The molecule has 0 spiro atoms. The van der Waals surface area contributed by atoms with Crippen LogP contribution in [0, 0.1) is 0 Å². The fourth-order valence-electron chi connectivity index (χ4n) is 1.60. The number of sulfone groups is 1. The number of carbonyl (C=O) groups excluding carboxylic acids is 1. The fourth-order valence-corrected chi connectivity index (χ4v) is 2.76. The summed E-state index contributed by atoms with van der Waals surface area (Å²) in [6.45, 7) is 3.93. The Kier molecular flexibility index (Phi) is 4.33. The molecule has 0 aromatic heterocycles. The van der Waals surface area contributed by atoms with Crippen molar-refractivity contribution in [1.82, 2.24) is 0 Å². The van der Waals surface area contributed by atoms with Crippen molar-refractivity contribution in [2.45, 2.75) is 31.1 Å². The molecule has 0 aliphatic carbocycles. The van der Waals surface area contributed by atoms with Gasteiger partial charge in [-0.15, -0.1) is 0 Å². The van der Waals surface area contributed by atoms with Crippen LogP contribution in [0.15, 0.2) is 23.1 Å². The first-order valence-corrected chi connectivity index (χ1v) is 7.58. The van der Waals surface area contributed by atoms with E-state index < -0.39 is 15.1 Å². The topological polar surface area (TPSA) is 51.2 Å². The number of hydrogen-bond donors (Lipinski definition) is 0. The Bertz CT molecular complexity index is 535. The largest absolute Gasteiger partial charge is 0.276 e. The van der Waals surface area contributed by atoms with Crippen molar-refractivity contribution in [2.75, 3.05) is 6.26 Å². The van der Waals surface area contributed by atoms with Gasteiger partial charge in [0.25, 0.3) is 5.24 Å². The number of carbonyl (C=O) groups is 1. The highest BCUT2D eigenvalue weighted by atomic mass is 35.5. The number of rotatable bonds is 4. The van der Waals surface area contributed by atoms with Gasteiger partial charge >= 0.3 is 0 Å². The molecule has 0 saturated carbocycles. The van der Waals surface area contributed by atoms with E-state index >= 15 is 0 Å². The summed E-state index contributed by atoms with van der Waals surface area (Å²) in [5.74, 6) is 0.124. The Morgan fingerprint density at radius 2 is 2.00 bits per heavy atom. The fraction of sp³-hybridized carbons (Fsp3) is 0.417. The Labute approximate surface area is 107 Å². The Balaban J connectivity index is 3.48. The molecule has 0 radical (unpaired) electrons. The maximum atomic E-state index is 11.7. The lowest BCUT2D eigenvalue weighted by molar-refractivity contribution is 0.108. The van der Waals surface area contributed by atoms with Gasteiger partial charge in [-0.25, -0.2) is 8.42 Å². The van der Waals surface area contributed by atoms with E-state index in [-0.39, 0.29) is 16.4 Å². The molecule has 0 aliphatic heterocycles. The van der Waals surface area contributed by atoms with Gasteiger partial charge in [0, 0.05) is 11.8 Å². The zero-order valence-corrected chi connectivity index (χ0v) is 11.6. The van der Waals surface area contributed by atoms with Crippen LogP contribution < -0.4 is 0 Å². The average Bonchev–Trinajstić information content (AvgIpc) is 2.26. The Hall–Kier alpha value is -0.870. The minimum Gasteiger partial charge on any atom is -0.276 e. The molecule has 0 bridgehead atoms. The first kappa shape index (κ1) is 14.2. The Morgan fingerprint density at radius 3 is 2.41 bits per heavy atom. The highest BCUT2D eigenvalue weighted by molar-refractivity contribution is 7.90. The first-order chi connectivity index (χ1) is 7.77. The average molecular weight is 275 g/mol. The SMILES string of the molecule is CCC(C)c1ccc(C(=O)Cl)cc1S(C)(=O)=O. The van der Waals surface area contributed by atoms with Gasteiger partial charge in [0.05, 0.1) is 4.90 Å². The second-order valence-electron chi connectivity index (χ2n) is 4.11. The smallest absolute Gasteiger partial charge is 0.252 e. The highest BCUT2D eigenvalue weighted by Gasteiger charge is 2.18. The predicted octanol–water partition coefficient (Wildman–Crippen LogP) is 2.98. The molecule has 17 heavy (non-hydrogen) atoms. The zero-order chi connectivity index (χ0) is 13.2. The molecule has 0 heterocycles. The summed E-state index contributed by atoms with van der Waals surface area (Å²) in [4.78, 5) is 11.2. The maximum absolute atomic E-state index is 11.7. The van der Waals surface area contributed by atoms with Gasteiger partial charge < -0.3 is 0 Å². The van der Waals surface area contributed by atoms with Crippen LogP contribution in [-0.4, -0.2) is 19.9 Å². The number of hydrogen-bond acceptors (Lipinski definition) is 3. The van der Waals surface area contributed by atoms with Crippen LogP contribution >= 0.6 is 11.6 Å². The van der Waals surface area contributed by atoms with Crippen LogP contribution in [0.5, 0.6) is 0 Å². The molecule has 0 fully saturated rings. The molecule has 1 aromatic carbocycles. The van der Waals surface area contributed by atoms with E-state index in [4.69, 9.17) is 11.6 Å². The minimum absolute atomic E-state index is 0.124. The molecule has 0 N–H and O–H groups in total. The molecular formula is C12H15ClO3S. The summed E-state index contributed by atoms with van der Waals surface area (Å²) in [7, 11) is -3.36. The van der Waals surface area contributed by atoms with Crippen molar-refractivity contribution in [3.63, 3.8) is 0 Å². The molecule has 0 aliphatic rings. The molecule has 3 nitrogen and oxygen atoms in total. The van der Waals surface area contributed by atoms with Crippen LogP contribution in [0.1, 0.15) is 42.1 Å². The summed E-state index contributed by atoms with van der Waals surface area (Å²) < 4.78 is 23.4. The molecule has 1 aromatic rings. The van der Waals surface area contributed by atoms with Crippen molar-refractivity contribution in [3.05, 3.63) is 29.3 Å². The van der Waals surface area contributed by atoms with E-state index in [1.807, 2.05) is 13.8 Å². The lowest BCUT2D eigenvalue weighted by atomic mass is 9.97. The van der Waals surface area contributed by atoms with E-state index in [2.05, 4.69) is 0 Å². The van der Waals surface area contributed by atoms with E-state index in [0.29, 0.717) is 0 Å². The molecule has 94 valence electrons. The minimum atomic E-state index is -3.36. The van der Waals surface area contributed by atoms with Crippen LogP contribution in [-0.2, 0) is 9.84 Å². The monoisotopic (exact) mass is 274 g/mol. The van der Waals surface area contributed by atoms with Crippen LogP contribution in [0.25, 0.3) is 0 Å². The highest BCUT2D eigenvalue weighted by Crippen LogP contribution is 2.27. The van der Waals surface area contributed by atoms with E-state index in [1.54, 1.807) is 12.1 Å². The van der Waals surface area contributed by atoms with Crippen LogP contribution in [0.2, 0.25) is 0 Å². The third-order valence-electron chi connectivity index (χ3n) is 2.78. The summed E-state index contributed by atoms with van der Waals surface area (Å²) in [6.07, 6.45) is 1.97. The lowest BCUT2D eigenvalue weighted by Gasteiger charge is -2.14. The van der Waals surface area contributed by atoms with Crippen molar-refractivity contribution >= 4 is 26.7 Å². The quantitative estimate of drug-likeness (QED) is 0.793. The van der Waals surface area contributed by atoms with Crippen molar-refractivity contribution in [1.29, 1.82) is 0 Å². The van der Waals surface area contributed by atoms with Gasteiger partial charge in [0.1, 0.15) is 0 Å². The number of benzene rings is 1. The van der Waals surface area contributed by atoms with Gasteiger partial charge in [-0.2, -0.15) is 0 Å². The maximum Gasteiger partial charge on any atom is 0.252 e. The standard InChI is InChI=1S/C12H15ClO3S/c1-4-8(2)10-6-5-9(12(13)14)7-11(10)17(3,15)16/h5-8H,4H2,1-3H3. The summed E-state index contributed by atoms with van der Waals surface area (Å²) in [5, 5.41) is -0.648. The van der Waals surface area contributed by atoms with Gasteiger partial charge in [0.15, 0.2) is 9.84 Å². The lowest BCUT2D eigenvalue weighted by Crippen LogP contribution is -2.06. The second-order valence-corrected chi connectivity index (χ2v) is 6.44. The van der Waals surface area contributed by atoms with Crippen molar-refractivity contribution in [3.8, 4) is 0 Å². The Morgan fingerprint density at radius 1 is 1.41 bits per heavy atom. The molecule has 1 unspecified atom stereocenters. The second kappa shape index (κ2) is 5.19. The van der Waals surface area contributed by atoms with Gasteiger partial charge in [-0.1, -0.05) is 19.9 Å². The van der Waals surface area contributed by atoms with E-state index in [1.165, 1.54) is 6.07 Å². The van der Waals surface area contributed by atoms with Gasteiger partial charge in [-0.05, 0) is 41.6 Å². The molecule has 1 rings (SSSR count). The van der Waals surface area contributed by atoms with Crippen molar-refractivity contribution in [2.24, 2.45) is 0 Å². The number of halogens is 1. The van der Waals surface area contributed by atoms with Crippen LogP contribution in [0.3, 0.4) is 0 Å². The van der Waals surface area contributed by atoms with E-state index in [9.17, 15) is 13.2 Å². The van der Waals surface area contributed by atoms with Crippen LogP contribution in [0.4, 0.5) is 0 Å². The third-order valence-corrected chi connectivity index (χ3v) is 4.15. The zero-order valence-electron chi connectivity index (χ0n) is 10.0. The molecule has 5 heteroatoms. The van der Waals surface area contributed by atoms with Crippen molar-refractivity contribution < 1.29 is 13.2 Å². The molecule has 0 saturated heterocycles. The molecule has 1 atom stereocenters. The third kappa shape index (κ3) is 3.30. The van der Waals surface area contributed by atoms with Gasteiger partial charge in [0.2, 0.25) is 0 Å². The van der Waals surface area contributed by atoms with Gasteiger partial charge in [-0.3, -0.25) is 4.79 Å².